The van der Waals surface area contributed by atoms with Crippen LogP contribution >= 0.6 is 11.6 Å². The van der Waals surface area contributed by atoms with Crippen LogP contribution in [0, 0.1) is 0 Å². The van der Waals surface area contributed by atoms with Gasteiger partial charge in [0, 0.05) is 16.7 Å². The molecule has 0 unspecified atom stereocenters. The number of amides is 2. The first kappa shape index (κ1) is 13.9. The van der Waals surface area contributed by atoms with Gasteiger partial charge in [-0.3, -0.25) is 9.59 Å². The first-order valence-corrected chi connectivity index (χ1v) is 7.31. The Morgan fingerprint density at radius 3 is 2.65 bits per heavy atom. The largest absolute Gasteiger partial charge is 0.497 e. The molecule has 0 aliphatic carbocycles. The van der Waals surface area contributed by atoms with E-state index in [1.165, 1.54) is 0 Å². The van der Waals surface area contributed by atoms with Crippen molar-refractivity contribution < 1.29 is 14.3 Å². The summed E-state index contributed by atoms with van der Waals surface area (Å²) in [7, 11) is 1.55. The summed E-state index contributed by atoms with van der Waals surface area (Å²) in [6.07, 6.45) is 0. The molecule has 2 aromatic rings. The van der Waals surface area contributed by atoms with Gasteiger partial charge in [-0.1, -0.05) is 11.6 Å². The second-order valence-electron chi connectivity index (χ2n) is 5.38. The average molecular weight is 330 g/mol. The van der Waals surface area contributed by atoms with Gasteiger partial charge in [-0.2, -0.15) is 0 Å². The molecule has 0 aromatic heterocycles. The fourth-order valence-electron chi connectivity index (χ4n) is 2.96. The molecular weight excluding hydrogens is 318 g/mol. The number of benzene rings is 2. The quantitative estimate of drug-likeness (QED) is 0.750. The lowest BCUT2D eigenvalue weighted by molar-refractivity contribution is -0.120. The van der Waals surface area contributed by atoms with Crippen LogP contribution in [0.25, 0.3) is 0 Å². The minimum absolute atomic E-state index is 0.339. The summed E-state index contributed by atoms with van der Waals surface area (Å²) in [6, 6.07) is 10.1. The highest BCUT2D eigenvalue weighted by Crippen LogP contribution is 2.41. The molecule has 116 valence electrons. The number of hydrogen-bond donors (Lipinski definition) is 3. The predicted octanol–water partition coefficient (Wildman–Crippen LogP) is 2.31. The summed E-state index contributed by atoms with van der Waals surface area (Å²) in [5, 5.41) is 9.13. The number of anilines is 2. The van der Waals surface area contributed by atoms with Gasteiger partial charge in [0.25, 0.3) is 11.8 Å². The van der Waals surface area contributed by atoms with Gasteiger partial charge in [-0.05, 0) is 30.3 Å². The van der Waals surface area contributed by atoms with Crippen molar-refractivity contribution >= 4 is 34.8 Å². The first-order chi connectivity index (χ1) is 11.0. The molecule has 6 nitrogen and oxygen atoms in total. The van der Waals surface area contributed by atoms with E-state index in [0.717, 1.165) is 0 Å². The lowest BCUT2D eigenvalue weighted by Crippen LogP contribution is -2.59. The summed E-state index contributed by atoms with van der Waals surface area (Å²) in [6.45, 7) is 0. The normalized spacial score (nSPS) is 21.1. The third kappa shape index (κ3) is 1.88. The number of halogens is 1. The number of carbonyl (C=O) groups is 2. The van der Waals surface area contributed by atoms with Crippen LogP contribution in [0.15, 0.2) is 36.4 Å². The Labute approximate surface area is 136 Å². The van der Waals surface area contributed by atoms with Crippen molar-refractivity contribution in [3.63, 3.8) is 0 Å². The standard InChI is InChI=1S/C16H12ClN3O3/c1-23-9-3-5-11-13(7-9)18-15(22)16(11)19-12-6-8(17)2-4-10(12)14(21)20-16/h2-7,19H,1H3,(H,18,22)(H,20,21)/t16-/m0/s1. The summed E-state index contributed by atoms with van der Waals surface area (Å²) < 4.78 is 5.17. The molecule has 3 N–H and O–H groups in total. The number of rotatable bonds is 1. The molecule has 0 fully saturated rings. The van der Waals surface area contributed by atoms with Crippen LogP contribution in [0.2, 0.25) is 5.02 Å². The van der Waals surface area contributed by atoms with Gasteiger partial charge in [0.2, 0.25) is 5.66 Å². The third-order valence-corrected chi connectivity index (χ3v) is 4.30. The number of ether oxygens (including phenoxy) is 1. The Kier molecular flexibility index (Phi) is 2.80. The van der Waals surface area contributed by atoms with Gasteiger partial charge in [0.05, 0.1) is 24.0 Å². The molecule has 0 saturated carbocycles. The smallest absolute Gasteiger partial charge is 0.275 e. The number of hydrogen-bond acceptors (Lipinski definition) is 4. The molecule has 0 saturated heterocycles. The van der Waals surface area contributed by atoms with Crippen LogP contribution < -0.4 is 20.7 Å². The van der Waals surface area contributed by atoms with Gasteiger partial charge >= 0.3 is 0 Å². The molecule has 1 spiro atoms. The molecule has 2 aliphatic rings. The monoisotopic (exact) mass is 329 g/mol. The molecule has 23 heavy (non-hydrogen) atoms. The van der Waals surface area contributed by atoms with Crippen LogP contribution in [0.1, 0.15) is 15.9 Å². The van der Waals surface area contributed by atoms with Crippen molar-refractivity contribution in [3.05, 3.63) is 52.5 Å². The minimum atomic E-state index is -1.35. The number of methoxy groups -OCH3 is 1. The Bertz CT molecular complexity index is 868. The van der Waals surface area contributed by atoms with Crippen molar-refractivity contribution in [2.45, 2.75) is 5.66 Å². The Hall–Kier alpha value is -2.73. The van der Waals surface area contributed by atoms with E-state index in [2.05, 4.69) is 16.0 Å². The van der Waals surface area contributed by atoms with Crippen molar-refractivity contribution in [1.82, 2.24) is 5.32 Å². The molecule has 4 rings (SSSR count). The van der Waals surface area contributed by atoms with Crippen molar-refractivity contribution in [1.29, 1.82) is 0 Å². The zero-order valence-electron chi connectivity index (χ0n) is 12.1. The molecule has 7 heteroatoms. The van der Waals surface area contributed by atoms with E-state index in [9.17, 15) is 9.59 Å². The van der Waals surface area contributed by atoms with Gasteiger partial charge in [0.15, 0.2) is 0 Å². The summed E-state index contributed by atoms with van der Waals surface area (Å²) in [5.74, 6) is -0.0827. The first-order valence-electron chi connectivity index (χ1n) is 6.94. The fourth-order valence-corrected chi connectivity index (χ4v) is 3.13. The maximum Gasteiger partial charge on any atom is 0.275 e. The zero-order valence-corrected chi connectivity index (χ0v) is 12.8. The van der Waals surface area contributed by atoms with Crippen molar-refractivity contribution in [3.8, 4) is 5.75 Å². The molecule has 0 bridgehead atoms. The van der Waals surface area contributed by atoms with Gasteiger partial charge in [0.1, 0.15) is 5.75 Å². The Morgan fingerprint density at radius 2 is 1.87 bits per heavy atom. The summed E-state index contributed by atoms with van der Waals surface area (Å²) >= 11 is 6.01. The molecule has 2 heterocycles. The van der Waals surface area contributed by atoms with Crippen LogP contribution in [0.4, 0.5) is 11.4 Å². The number of nitrogens with one attached hydrogen (secondary N) is 3. The van der Waals surface area contributed by atoms with E-state index < -0.39 is 5.66 Å². The lowest BCUT2D eigenvalue weighted by atomic mass is 9.95. The highest BCUT2D eigenvalue weighted by Gasteiger charge is 2.51. The fraction of sp³-hybridized carbons (Fsp3) is 0.125. The molecule has 2 aromatic carbocycles. The maximum absolute atomic E-state index is 12.6. The van der Waals surface area contributed by atoms with Gasteiger partial charge in [-0.25, -0.2) is 0 Å². The zero-order chi connectivity index (χ0) is 16.2. The van der Waals surface area contributed by atoms with Crippen LogP contribution in [0.3, 0.4) is 0 Å². The number of fused-ring (bicyclic) bond motifs is 3. The molecule has 0 radical (unpaired) electrons. The Morgan fingerprint density at radius 1 is 1.04 bits per heavy atom. The lowest BCUT2D eigenvalue weighted by Gasteiger charge is -2.35. The maximum atomic E-state index is 12.6. The second-order valence-corrected chi connectivity index (χ2v) is 5.82. The molecule has 1 atom stereocenters. The van der Waals surface area contributed by atoms with E-state index in [1.807, 2.05) is 0 Å². The molecule has 2 amide bonds. The van der Waals surface area contributed by atoms with Crippen LogP contribution in [0.5, 0.6) is 5.75 Å². The van der Waals surface area contributed by atoms with Crippen LogP contribution in [-0.4, -0.2) is 18.9 Å². The highest BCUT2D eigenvalue weighted by molar-refractivity contribution is 6.31. The number of carbonyl (C=O) groups excluding carboxylic acids is 2. The van der Waals surface area contributed by atoms with Crippen molar-refractivity contribution in [2.24, 2.45) is 0 Å². The average Bonchev–Trinajstić information content (AvgIpc) is 2.78. The summed E-state index contributed by atoms with van der Waals surface area (Å²) in [5.41, 5.74) is 0.820. The topological polar surface area (TPSA) is 79.5 Å². The third-order valence-electron chi connectivity index (χ3n) is 4.07. The van der Waals surface area contributed by atoms with E-state index in [-0.39, 0.29) is 11.8 Å². The van der Waals surface area contributed by atoms with E-state index in [4.69, 9.17) is 16.3 Å². The summed E-state index contributed by atoms with van der Waals surface area (Å²) in [4.78, 5) is 25.0. The van der Waals surface area contributed by atoms with Gasteiger partial charge in [-0.15, -0.1) is 0 Å². The van der Waals surface area contributed by atoms with Gasteiger partial charge < -0.3 is 20.7 Å². The second kappa shape index (κ2) is 4.63. The highest BCUT2D eigenvalue weighted by atomic mass is 35.5. The minimum Gasteiger partial charge on any atom is -0.497 e. The van der Waals surface area contributed by atoms with Crippen molar-refractivity contribution in [2.75, 3.05) is 17.7 Å². The van der Waals surface area contributed by atoms with E-state index >= 15 is 0 Å². The Balaban J connectivity index is 1.87. The van der Waals surface area contributed by atoms with Crippen LogP contribution in [-0.2, 0) is 10.5 Å². The predicted molar refractivity (Wildman–Crippen MR) is 85.8 cm³/mol. The molecule has 2 aliphatic heterocycles. The molecular formula is C16H12ClN3O3. The van der Waals surface area contributed by atoms with E-state index in [0.29, 0.717) is 33.3 Å². The van der Waals surface area contributed by atoms with E-state index in [1.54, 1.807) is 43.5 Å². The SMILES string of the molecule is COc1ccc2c(c1)NC(=O)[C@@]21NC(=O)c2ccc(Cl)cc2N1.